The summed E-state index contributed by atoms with van der Waals surface area (Å²) in [6.07, 6.45) is 7.28. The third kappa shape index (κ3) is 6.75. The Labute approximate surface area is 115 Å². The molecule has 0 unspecified atom stereocenters. The van der Waals surface area contributed by atoms with Gasteiger partial charge in [0.15, 0.2) is 0 Å². The molecule has 2 heteroatoms. The molecule has 0 radical (unpaired) electrons. The van der Waals surface area contributed by atoms with Gasteiger partial charge in [0.2, 0.25) is 0 Å². The van der Waals surface area contributed by atoms with E-state index in [0.717, 1.165) is 18.4 Å². The molecule has 1 rings (SSSR count). The predicted octanol–water partition coefficient (Wildman–Crippen LogP) is 3.52. The second-order valence-corrected chi connectivity index (χ2v) is 6.69. The Kier molecular flexibility index (Phi) is 7.92. The fourth-order valence-electron chi connectivity index (χ4n) is 2.95. The monoisotopic (exact) mass is 254 g/mol. The topological polar surface area (TPSA) is 15.3 Å². The van der Waals surface area contributed by atoms with Gasteiger partial charge >= 0.3 is 0 Å². The second kappa shape index (κ2) is 8.92. The van der Waals surface area contributed by atoms with Crippen LogP contribution in [0.3, 0.4) is 0 Å². The summed E-state index contributed by atoms with van der Waals surface area (Å²) < 4.78 is 0. The summed E-state index contributed by atoms with van der Waals surface area (Å²) in [5.41, 5.74) is 0. The lowest BCUT2D eigenvalue weighted by Crippen LogP contribution is -2.40. The third-order valence-corrected chi connectivity index (χ3v) is 4.06. The first-order valence-electron chi connectivity index (χ1n) is 8.04. The first-order chi connectivity index (χ1) is 8.59. The maximum atomic E-state index is 3.67. The third-order valence-electron chi connectivity index (χ3n) is 4.06. The van der Waals surface area contributed by atoms with Crippen molar-refractivity contribution in [3.05, 3.63) is 0 Å². The summed E-state index contributed by atoms with van der Waals surface area (Å²) in [6, 6.07) is 0.670. The van der Waals surface area contributed by atoms with Crippen LogP contribution < -0.4 is 5.32 Å². The number of rotatable bonds is 8. The smallest absolute Gasteiger partial charge is 0.0110 e. The standard InChI is InChI=1S/C16H34N2/c1-14(2)13-18(15(3)4)11-10-17-12-16-8-6-5-7-9-16/h14-17H,5-13H2,1-4H3. The minimum Gasteiger partial charge on any atom is -0.315 e. The lowest BCUT2D eigenvalue weighted by molar-refractivity contribution is 0.196. The Morgan fingerprint density at radius 3 is 2.28 bits per heavy atom. The Balaban J connectivity index is 2.10. The molecule has 0 saturated heterocycles. The average Bonchev–Trinajstić information content (AvgIpc) is 2.33. The quantitative estimate of drug-likeness (QED) is 0.667. The lowest BCUT2D eigenvalue weighted by Gasteiger charge is -2.29. The van der Waals surface area contributed by atoms with Crippen LogP contribution in [0.4, 0.5) is 0 Å². The maximum absolute atomic E-state index is 3.67. The molecular formula is C16H34N2. The van der Waals surface area contributed by atoms with Gasteiger partial charge in [-0.15, -0.1) is 0 Å². The molecule has 0 heterocycles. The highest BCUT2D eigenvalue weighted by atomic mass is 15.2. The highest BCUT2D eigenvalue weighted by Gasteiger charge is 2.14. The molecule has 1 fully saturated rings. The van der Waals surface area contributed by atoms with Gasteiger partial charge in [0.1, 0.15) is 0 Å². The number of hydrogen-bond donors (Lipinski definition) is 1. The molecule has 108 valence electrons. The van der Waals surface area contributed by atoms with Gasteiger partial charge < -0.3 is 5.32 Å². The molecule has 1 aliphatic rings. The van der Waals surface area contributed by atoms with Crippen molar-refractivity contribution in [2.24, 2.45) is 11.8 Å². The zero-order valence-electron chi connectivity index (χ0n) is 13.0. The van der Waals surface area contributed by atoms with Crippen LogP contribution in [0.2, 0.25) is 0 Å². The Hall–Kier alpha value is -0.0800. The van der Waals surface area contributed by atoms with E-state index in [4.69, 9.17) is 0 Å². The maximum Gasteiger partial charge on any atom is 0.0110 e. The predicted molar refractivity (Wildman–Crippen MR) is 81.0 cm³/mol. The average molecular weight is 254 g/mol. The fourth-order valence-corrected chi connectivity index (χ4v) is 2.95. The molecular weight excluding hydrogens is 220 g/mol. The van der Waals surface area contributed by atoms with E-state index in [1.54, 1.807) is 0 Å². The second-order valence-electron chi connectivity index (χ2n) is 6.69. The van der Waals surface area contributed by atoms with Crippen molar-refractivity contribution >= 4 is 0 Å². The van der Waals surface area contributed by atoms with Crippen molar-refractivity contribution in [1.29, 1.82) is 0 Å². The molecule has 2 nitrogen and oxygen atoms in total. The van der Waals surface area contributed by atoms with Crippen LogP contribution in [0.1, 0.15) is 59.8 Å². The number of hydrogen-bond acceptors (Lipinski definition) is 2. The molecule has 1 saturated carbocycles. The van der Waals surface area contributed by atoms with Gasteiger partial charge in [0.05, 0.1) is 0 Å². The summed E-state index contributed by atoms with van der Waals surface area (Å²) in [4.78, 5) is 2.60. The van der Waals surface area contributed by atoms with E-state index in [2.05, 4.69) is 37.9 Å². The van der Waals surface area contributed by atoms with Crippen molar-refractivity contribution in [3.63, 3.8) is 0 Å². The van der Waals surface area contributed by atoms with Gasteiger partial charge in [-0.2, -0.15) is 0 Å². The number of nitrogens with one attached hydrogen (secondary N) is 1. The number of nitrogens with zero attached hydrogens (tertiary/aromatic N) is 1. The summed E-state index contributed by atoms with van der Waals surface area (Å²) in [7, 11) is 0. The first-order valence-corrected chi connectivity index (χ1v) is 8.04. The molecule has 0 atom stereocenters. The summed E-state index contributed by atoms with van der Waals surface area (Å²) in [6.45, 7) is 14.1. The molecule has 0 aromatic rings. The van der Waals surface area contributed by atoms with Gasteiger partial charge in [-0.3, -0.25) is 4.90 Å². The Morgan fingerprint density at radius 2 is 1.72 bits per heavy atom. The molecule has 1 aliphatic carbocycles. The van der Waals surface area contributed by atoms with Crippen LogP contribution in [-0.4, -0.2) is 37.1 Å². The Bertz CT molecular complexity index is 195. The molecule has 0 aromatic carbocycles. The molecule has 1 N–H and O–H groups in total. The van der Waals surface area contributed by atoms with Crippen molar-refractivity contribution in [2.75, 3.05) is 26.2 Å². The molecule has 0 aliphatic heterocycles. The SMILES string of the molecule is CC(C)CN(CCNCC1CCCCC1)C(C)C. The van der Waals surface area contributed by atoms with Crippen LogP contribution in [0.25, 0.3) is 0 Å². The normalized spacial score (nSPS) is 18.2. The van der Waals surface area contributed by atoms with Crippen LogP contribution in [0.5, 0.6) is 0 Å². The highest BCUT2D eigenvalue weighted by molar-refractivity contribution is 4.70. The van der Waals surface area contributed by atoms with Crippen molar-refractivity contribution in [1.82, 2.24) is 10.2 Å². The van der Waals surface area contributed by atoms with Crippen molar-refractivity contribution in [2.45, 2.75) is 65.8 Å². The first kappa shape index (κ1) is 16.0. The van der Waals surface area contributed by atoms with Gasteiger partial charge in [-0.05, 0) is 45.1 Å². The Morgan fingerprint density at radius 1 is 1.06 bits per heavy atom. The lowest BCUT2D eigenvalue weighted by atomic mass is 9.89. The zero-order chi connectivity index (χ0) is 13.4. The van der Waals surface area contributed by atoms with E-state index >= 15 is 0 Å². The van der Waals surface area contributed by atoms with Crippen LogP contribution >= 0.6 is 0 Å². The van der Waals surface area contributed by atoms with Crippen LogP contribution in [0.15, 0.2) is 0 Å². The van der Waals surface area contributed by atoms with E-state index in [1.807, 2.05) is 0 Å². The fraction of sp³-hybridized carbons (Fsp3) is 1.00. The summed E-state index contributed by atoms with van der Waals surface area (Å²) >= 11 is 0. The molecule has 0 aromatic heterocycles. The van der Waals surface area contributed by atoms with Crippen LogP contribution in [-0.2, 0) is 0 Å². The molecule has 0 bridgehead atoms. The van der Waals surface area contributed by atoms with Crippen LogP contribution in [0, 0.1) is 11.8 Å². The van der Waals surface area contributed by atoms with E-state index in [1.165, 1.54) is 51.7 Å². The summed E-state index contributed by atoms with van der Waals surface area (Å²) in [5, 5.41) is 3.67. The largest absolute Gasteiger partial charge is 0.315 e. The van der Waals surface area contributed by atoms with E-state index < -0.39 is 0 Å². The highest BCUT2D eigenvalue weighted by Crippen LogP contribution is 2.22. The molecule has 18 heavy (non-hydrogen) atoms. The van der Waals surface area contributed by atoms with Gasteiger partial charge in [0.25, 0.3) is 0 Å². The summed E-state index contributed by atoms with van der Waals surface area (Å²) in [5.74, 6) is 1.72. The minimum atomic E-state index is 0.670. The van der Waals surface area contributed by atoms with Gasteiger partial charge in [-0.25, -0.2) is 0 Å². The van der Waals surface area contributed by atoms with Crippen molar-refractivity contribution in [3.8, 4) is 0 Å². The van der Waals surface area contributed by atoms with Gasteiger partial charge in [-0.1, -0.05) is 33.1 Å². The van der Waals surface area contributed by atoms with E-state index in [9.17, 15) is 0 Å². The van der Waals surface area contributed by atoms with Gasteiger partial charge in [0, 0.05) is 25.7 Å². The van der Waals surface area contributed by atoms with E-state index in [-0.39, 0.29) is 0 Å². The van der Waals surface area contributed by atoms with E-state index in [0.29, 0.717) is 6.04 Å². The van der Waals surface area contributed by atoms with Crippen molar-refractivity contribution < 1.29 is 0 Å². The minimum absolute atomic E-state index is 0.670. The molecule has 0 amide bonds. The molecule has 0 spiro atoms. The zero-order valence-corrected chi connectivity index (χ0v) is 13.0.